The van der Waals surface area contributed by atoms with E-state index < -0.39 is 0 Å². The fraction of sp³-hybridized carbons (Fsp3) is 0.316. The summed E-state index contributed by atoms with van der Waals surface area (Å²) in [4.78, 5) is 12.2. The van der Waals surface area contributed by atoms with E-state index in [-0.39, 0.29) is 5.91 Å². The van der Waals surface area contributed by atoms with Gasteiger partial charge in [-0.3, -0.25) is 4.79 Å². The van der Waals surface area contributed by atoms with Crippen LogP contribution < -0.4 is 10.1 Å². The van der Waals surface area contributed by atoms with Gasteiger partial charge in [-0.05, 0) is 36.6 Å². The predicted octanol–water partition coefficient (Wildman–Crippen LogP) is 3.96. The Morgan fingerprint density at radius 1 is 1.14 bits per heavy atom. The minimum atomic E-state index is -0.0874. The van der Waals surface area contributed by atoms with Crippen LogP contribution in [0.4, 0.5) is 0 Å². The minimum Gasteiger partial charge on any atom is -0.493 e. The molecule has 0 atom stereocenters. The quantitative estimate of drug-likeness (QED) is 0.876. The molecule has 1 N–H and O–H groups in total. The van der Waals surface area contributed by atoms with E-state index in [1.165, 1.54) is 5.56 Å². The van der Waals surface area contributed by atoms with Crippen LogP contribution in [0.5, 0.6) is 5.75 Å². The van der Waals surface area contributed by atoms with Crippen molar-refractivity contribution in [2.75, 3.05) is 6.61 Å². The molecule has 0 fully saturated rings. The largest absolute Gasteiger partial charge is 0.493 e. The van der Waals surface area contributed by atoms with E-state index in [0.29, 0.717) is 24.6 Å². The normalized spacial score (nSPS) is 10.5. The lowest BCUT2D eigenvalue weighted by Crippen LogP contribution is -2.22. The molecule has 3 nitrogen and oxygen atoms in total. The average molecular weight is 297 g/mol. The van der Waals surface area contributed by atoms with E-state index >= 15 is 0 Å². The maximum atomic E-state index is 12.2. The molecule has 2 rings (SSSR count). The summed E-state index contributed by atoms with van der Waals surface area (Å²) in [5.41, 5.74) is 2.92. The molecule has 116 valence electrons. The lowest BCUT2D eigenvalue weighted by molar-refractivity contribution is 0.0950. The highest BCUT2D eigenvalue weighted by Gasteiger charge is 2.07. The Bertz CT molecular complexity index is 618. The first-order valence-electron chi connectivity index (χ1n) is 7.61. The van der Waals surface area contributed by atoms with Crippen LogP contribution in [0.3, 0.4) is 0 Å². The summed E-state index contributed by atoms with van der Waals surface area (Å²) in [6.45, 7) is 7.41. The van der Waals surface area contributed by atoms with Crippen LogP contribution in [0.1, 0.15) is 35.3 Å². The van der Waals surface area contributed by atoms with Crippen molar-refractivity contribution < 1.29 is 9.53 Å². The Labute approximate surface area is 132 Å². The molecule has 2 aromatic carbocycles. The van der Waals surface area contributed by atoms with Gasteiger partial charge in [0.15, 0.2) is 0 Å². The number of amides is 1. The molecule has 0 aliphatic rings. The molecule has 0 heterocycles. The zero-order chi connectivity index (χ0) is 15.9. The second-order valence-corrected chi connectivity index (χ2v) is 5.90. The molecule has 0 aromatic heterocycles. The zero-order valence-corrected chi connectivity index (χ0v) is 13.4. The Kier molecular flexibility index (Phi) is 5.59. The summed E-state index contributed by atoms with van der Waals surface area (Å²) in [5.74, 6) is 1.10. The van der Waals surface area contributed by atoms with Crippen molar-refractivity contribution in [1.82, 2.24) is 5.32 Å². The van der Waals surface area contributed by atoms with E-state index in [1.807, 2.05) is 43.3 Å². The molecule has 0 saturated carbocycles. The highest BCUT2D eigenvalue weighted by molar-refractivity contribution is 5.94. The topological polar surface area (TPSA) is 38.3 Å². The molecular weight excluding hydrogens is 274 g/mol. The van der Waals surface area contributed by atoms with Gasteiger partial charge in [0.25, 0.3) is 5.91 Å². The lowest BCUT2D eigenvalue weighted by atomic mass is 10.1. The van der Waals surface area contributed by atoms with Crippen molar-refractivity contribution in [2.45, 2.75) is 27.3 Å². The van der Waals surface area contributed by atoms with Crippen LogP contribution in [0.2, 0.25) is 0 Å². The molecular formula is C19H23NO2. The summed E-state index contributed by atoms with van der Waals surface area (Å²) in [5, 5.41) is 2.93. The molecule has 0 aliphatic heterocycles. The van der Waals surface area contributed by atoms with Crippen LogP contribution in [-0.4, -0.2) is 12.5 Å². The van der Waals surface area contributed by atoms with Gasteiger partial charge in [0, 0.05) is 12.1 Å². The van der Waals surface area contributed by atoms with Crippen molar-refractivity contribution >= 4 is 5.91 Å². The highest BCUT2D eigenvalue weighted by atomic mass is 16.5. The van der Waals surface area contributed by atoms with Crippen LogP contribution in [0.15, 0.2) is 48.5 Å². The monoisotopic (exact) mass is 297 g/mol. The standard InChI is InChI=1S/C19H23NO2/c1-14(2)13-22-18-6-4-5-17(11-18)19(21)20-12-16-9-7-15(3)8-10-16/h4-11,14H,12-13H2,1-3H3,(H,20,21). The number of aryl methyl sites for hydroxylation is 1. The van der Waals surface area contributed by atoms with Crippen LogP contribution >= 0.6 is 0 Å². The van der Waals surface area contributed by atoms with Gasteiger partial charge in [0.05, 0.1) is 6.61 Å². The van der Waals surface area contributed by atoms with Crippen molar-refractivity contribution in [3.05, 3.63) is 65.2 Å². The first-order valence-corrected chi connectivity index (χ1v) is 7.61. The van der Waals surface area contributed by atoms with Gasteiger partial charge >= 0.3 is 0 Å². The Morgan fingerprint density at radius 3 is 2.55 bits per heavy atom. The maximum absolute atomic E-state index is 12.2. The smallest absolute Gasteiger partial charge is 0.251 e. The lowest BCUT2D eigenvalue weighted by Gasteiger charge is -2.10. The fourth-order valence-electron chi connectivity index (χ4n) is 1.98. The van der Waals surface area contributed by atoms with E-state index in [1.54, 1.807) is 12.1 Å². The number of ether oxygens (including phenoxy) is 1. The number of rotatable bonds is 6. The van der Waals surface area contributed by atoms with Crippen molar-refractivity contribution in [1.29, 1.82) is 0 Å². The number of nitrogens with one attached hydrogen (secondary N) is 1. The van der Waals surface area contributed by atoms with E-state index in [2.05, 4.69) is 19.2 Å². The molecule has 0 aliphatic carbocycles. The van der Waals surface area contributed by atoms with Gasteiger partial charge in [-0.15, -0.1) is 0 Å². The number of carbonyl (C=O) groups excluding carboxylic acids is 1. The second-order valence-electron chi connectivity index (χ2n) is 5.90. The zero-order valence-electron chi connectivity index (χ0n) is 13.4. The van der Waals surface area contributed by atoms with Gasteiger partial charge in [-0.2, -0.15) is 0 Å². The summed E-state index contributed by atoms with van der Waals surface area (Å²) >= 11 is 0. The first kappa shape index (κ1) is 16.1. The maximum Gasteiger partial charge on any atom is 0.251 e. The molecule has 0 radical (unpaired) electrons. The number of hydrogen-bond donors (Lipinski definition) is 1. The highest BCUT2D eigenvalue weighted by Crippen LogP contribution is 2.14. The summed E-state index contributed by atoms with van der Waals surface area (Å²) in [7, 11) is 0. The summed E-state index contributed by atoms with van der Waals surface area (Å²) in [6, 6.07) is 15.4. The van der Waals surface area contributed by atoms with Crippen LogP contribution in [0, 0.1) is 12.8 Å². The third-order valence-corrected chi connectivity index (χ3v) is 3.25. The Balaban J connectivity index is 1.94. The molecule has 0 spiro atoms. The molecule has 2 aromatic rings. The van der Waals surface area contributed by atoms with Crippen LogP contribution in [0.25, 0.3) is 0 Å². The third kappa shape index (κ3) is 4.92. The second kappa shape index (κ2) is 7.64. The number of carbonyl (C=O) groups is 1. The summed E-state index contributed by atoms with van der Waals surface area (Å²) in [6.07, 6.45) is 0. The fourth-order valence-corrected chi connectivity index (χ4v) is 1.98. The molecule has 0 bridgehead atoms. The SMILES string of the molecule is Cc1ccc(CNC(=O)c2cccc(OCC(C)C)c2)cc1. The van der Waals surface area contributed by atoms with Crippen molar-refractivity contribution in [2.24, 2.45) is 5.92 Å². The first-order chi connectivity index (χ1) is 10.5. The van der Waals surface area contributed by atoms with Crippen molar-refractivity contribution in [3.8, 4) is 5.75 Å². The van der Waals surface area contributed by atoms with Gasteiger partial charge < -0.3 is 10.1 Å². The molecule has 3 heteroatoms. The Morgan fingerprint density at radius 2 is 1.86 bits per heavy atom. The van der Waals surface area contributed by atoms with Crippen molar-refractivity contribution in [3.63, 3.8) is 0 Å². The van der Waals surface area contributed by atoms with Gasteiger partial charge in [-0.25, -0.2) is 0 Å². The molecule has 0 unspecified atom stereocenters. The minimum absolute atomic E-state index is 0.0874. The third-order valence-electron chi connectivity index (χ3n) is 3.25. The van der Waals surface area contributed by atoms with Gasteiger partial charge in [-0.1, -0.05) is 49.7 Å². The van der Waals surface area contributed by atoms with E-state index in [9.17, 15) is 4.79 Å². The van der Waals surface area contributed by atoms with Gasteiger partial charge in [0.1, 0.15) is 5.75 Å². The van der Waals surface area contributed by atoms with Gasteiger partial charge in [0.2, 0.25) is 0 Å². The number of benzene rings is 2. The Hall–Kier alpha value is -2.29. The molecule has 1 amide bonds. The average Bonchev–Trinajstić information content (AvgIpc) is 2.52. The molecule has 22 heavy (non-hydrogen) atoms. The van der Waals surface area contributed by atoms with E-state index in [0.717, 1.165) is 11.3 Å². The van der Waals surface area contributed by atoms with Crippen LogP contribution in [-0.2, 0) is 6.54 Å². The predicted molar refractivity (Wildman–Crippen MR) is 89.1 cm³/mol. The van der Waals surface area contributed by atoms with E-state index in [4.69, 9.17) is 4.74 Å². The number of hydrogen-bond acceptors (Lipinski definition) is 2. The summed E-state index contributed by atoms with van der Waals surface area (Å²) < 4.78 is 5.65. The molecule has 0 saturated heterocycles.